The molecule has 21 heteroatoms. The highest BCUT2D eigenvalue weighted by atomic mass is 33.1. The Bertz CT molecular complexity index is 1720. The lowest BCUT2D eigenvalue weighted by atomic mass is 10.1. The molecule has 0 aliphatic heterocycles. The number of imidazole rings is 3. The molecule has 3 atom stereocenters. The van der Waals surface area contributed by atoms with Gasteiger partial charge in [0.15, 0.2) is 6.04 Å². The van der Waals surface area contributed by atoms with Gasteiger partial charge in [0, 0.05) is 12.7 Å². The van der Waals surface area contributed by atoms with E-state index in [1.54, 1.807) is 6.20 Å². The number of hydrogen-bond donors (Lipinski definition) is 10. The number of carboxylic acids is 1. The van der Waals surface area contributed by atoms with Crippen molar-refractivity contribution in [1.82, 2.24) is 66.8 Å². The summed E-state index contributed by atoms with van der Waals surface area (Å²) in [6.45, 7) is 10.7. The molecular weight excluding hydrogens is 799 g/mol. The molecule has 4 heterocycles. The molecule has 4 rings (SSSR count). The summed E-state index contributed by atoms with van der Waals surface area (Å²) in [5.41, 5.74) is 0.938. The molecular formula is C38H59N13O6S2. The van der Waals surface area contributed by atoms with Crippen LogP contribution in [-0.2, 0) is 24.0 Å². The van der Waals surface area contributed by atoms with Gasteiger partial charge in [0.05, 0.1) is 67.0 Å². The van der Waals surface area contributed by atoms with E-state index in [4.69, 9.17) is 0 Å². The molecule has 0 aliphatic rings. The first kappa shape index (κ1) is 49.9. The van der Waals surface area contributed by atoms with Gasteiger partial charge >= 0.3 is 5.97 Å². The van der Waals surface area contributed by atoms with Crippen molar-refractivity contribution in [3.63, 3.8) is 0 Å². The molecule has 19 nitrogen and oxygen atoms in total. The molecule has 4 aromatic rings. The van der Waals surface area contributed by atoms with E-state index in [2.05, 4.69) is 66.8 Å². The van der Waals surface area contributed by atoms with Gasteiger partial charge in [-0.1, -0.05) is 57.4 Å². The van der Waals surface area contributed by atoms with E-state index < -0.39 is 35.9 Å². The number of carbonyl (C=O) groups excluding carboxylic acids is 4. The first-order chi connectivity index (χ1) is 28.8. The van der Waals surface area contributed by atoms with Crippen LogP contribution in [0, 0.1) is 0 Å². The third kappa shape index (κ3) is 19.8. The van der Waals surface area contributed by atoms with Crippen molar-refractivity contribution in [2.45, 2.75) is 89.4 Å². The van der Waals surface area contributed by atoms with Crippen molar-refractivity contribution in [3.05, 3.63) is 79.1 Å². The lowest BCUT2D eigenvalue weighted by Gasteiger charge is -2.23. The number of unbranched alkanes of at least 4 members (excludes halogenated alkanes) is 4. The molecule has 10 N–H and O–H groups in total. The van der Waals surface area contributed by atoms with Gasteiger partial charge in [-0.3, -0.25) is 19.2 Å². The summed E-state index contributed by atoms with van der Waals surface area (Å²) < 4.78 is 0. The lowest BCUT2D eigenvalue weighted by Crippen LogP contribution is -2.47. The maximum atomic E-state index is 13.6. The number of hydrogen-bond acceptors (Lipinski definition) is 13. The van der Waals surface area contributed by atoms with Crippen molar-refractivity contribution in [2.24, 2.45) is 0 Å². The normalized spacial score (nSPS) is 12.0. The number of H-pyrrole nitrogens is 3. The lowest BCUT2D eigenvalue weighted by molar-refractivity contribution is -0.142. The molecule has 3 unspecified atom stereocenters. The molecule has 0 aromatic carbocycles. The van der Waals surface area contributed by atoms with E-state index in [-0.39, 0.29) is 35.5 Å². The Morgan fingerprint density at radius 3 is 1.78 bits per heavy atom. The van der Waals surface area contributed by atoms with Gasteiger partial charge < -0.3 is 52.0 Å². The van der Waals surface area contributed by atoms with Gasteiger partial charge in [-0.15, -0.1) is 0 Å². The van der Waals surface area contributed by atoms with Gasteiger partial charge in [0.1, 0.15) is 17.1 Å². The van der Waals surface area contributed by atoms with Crippen LogP contribution in [0.15, 0.2) is 67.0 Å². The number of aromatic nitrogens is 7. The molecule has 0 radical (unpaired) electrons. The molecule has 4 amide bonds. The van der Waals surface area contributed by atoms with Crippen LogP contribution in [0.3, 0.4) is 0 Å². The van der Waals surface area contributed by atoms with Crippen molar-refractivity contribution >= 4 is 51.2 Å². The van der Waals surface area contributed by atoms with Gasteiger partial charge in [0.2, 0.25) is 23.6 Å². The van der Waals surface area contributed by atoms with E-state index in [1.165, 1.54) is 59.2 Å². The standard InChI is InChI=1S/C34H47N13O6S2.2C2H6/c48-26(18-42-27(49)19-54-55-28-9-3-6-13-40-28)39-12-8-7-11-35-10-4-1-2-5-14-41-29(23-15-36-20-43-23)32(50)46-30(24-16-37-21-44-24)33(51)47-31(34(52)53)25-17-38-22-45-25;2*1-2/h3,6,9,13,15-17,20-22,29-31,35,41H,1-2,4-5,7-8,10-12,14,18-19H2,(H,36,43)(H,37,44)(H,38,45)(H,39,48)(H,42,49)(H,46,50)(H,47,51)(H,52,53);2*1-2H3. The van der Waals surface area contributed by atoms with Crippen molar-refractivity contribution in [1.29, 1.82) is 0 Å². The molecule has 324 valence electrons. The number of pyridine rings is 1. The second-order valence-electron chi connectivity index (χ2n) is 12.1. The molecule has 59 heavy (non-hydrogen) atoms. The maximum absolute atomic E-state index is 13.6. The highest BCUT2D eigenvalue weighted by Gasteiger charge is 2.32. The zero-order valence-corrected chi connectivity index (χ0v) is 35.7. The Kier molecular flexibility index (Phi) is 26.0. The summed E-state index contributed by atoms with van der Waals surface area (Å²) in [7, 11) is 2.78. The fraction of sp³-hybridized carbons (Fsp3) is 0.500. The Labute approximate surface area is 352 Å². The Hall–Kier alpha value is -5.25. The van der Waals surface area contributed by atoms with Crippen LogP contribution in [0.25, 0.3) is 0 Å². The van der Waals surface area contributed by atoms with Crippen LogP contribution in [0.2, 0.25) is 0 Å². The largest absolute Gasteiger partial charge is 0.479 e. The molecule has 0 bridgehead atoms. The SMILES string of the molecule is CC.CC.O=C(CNC(=O)CSSc1ccccn1)NCCCCNCCCCCCNC(C(=O)NC(C(=O)NC(C(=O)O)c1cnc[nH]1)c1cnc[nH]1)c1cnc[nH]1. The minimum absolute atomic E-state index is 0.0476. The topological polar surface area (TPSA) is 277 Å². The summed E-state index contributed by atoms with van der Waals surface area (Å²) in [5.74, 6) is -2.78. The molecule has 0 saturated heterocycles. The van der Waals surface area contributed by atoms with Crippen LogP contribution >= 0.6 is 21.6 Å². The summed E-state index contributed by atoms with van der Waals surface area (Å²) in [6, 6.07) is 2.04. The number of aliphatic carboxylic acids is 1. The number of aromatic amines is 3. The van der Waals surface area contributed by atoms with E-state index in [9.17, 15) is 29.1 Å². The van der Waals surface area contributed by atoms with Crippen LogP contribution in [0.1, 0.15) is 101 Å². The minimum Gasteiger partial charge on any atom is -0.479 e. The first-order valence-electron chi connectivity index (χ1n) is 19.8. The Morgan fingerprint density at radius 2 is 1.20 bits per heavy atom. The Morgan fingerprint density at radius 1 is 0.661 bits per heavy atom. The van der Waals surface area contributed by atoms with Crippen molar-refractivity contribution < 1.29 is 29.1 Å². The van der Waals surface area contributed by atoms with Gasteiger partial charge in [-0.2, -0.15) is 0 Å². The smallest absolute Gasteiger partial charge is 0.332 e. The highest BCUT2D eigenvalue weighted by Crippen LogP contribution is 2.28. The average Bonchev–Trinajstić information content (AvgIpc) is 4.09. The summed E-state index contributed by atoms with van der Waals surface area (Å²) >= 11 is 0. The van der Waals surface area contributed by atoms with Gasteiger partial charge in [0.25, 0.3) is 0 Å². The van der Waals surface area contributed by atoms with E-state index in [1.807, 2.05) is 45.9 Å². The van der Waals surface area contributed by atoms with Gasteiger partial charge in [-0.25, -0.2) is 24.7 Å². The van der Waals surface area contributed by atoms with E-state index >= 15 is 0 Å². The number of carbonyl (C=O) groups is 5. The van der Waals surface area contributed by atoms with Crippen molar-refractivity contribution in [3.8, 4) is 0 Å². The molecule has 4 aromatic heterocycles. The Balaban J connectivity index is 0.00000291. The van der Waals surface area contributed by atoms with Gasteiger partial charge in [-0.05, 0) is 68.2 Å². The second kappa shape index (κ2) is 30.8. The number of carboxylic acid groups (broad SMARTS) is 1. The van der Waals surface area contributed by atoms with E-state index in [0.717, 1.165) is 56.6 Å². The monoisotopic (exact) mass is 857 g/mol. The predicted octanol–water partition coefficient (Wildman–Crippen LogP) is 3.34. The second-order valence-corrected chi connectivity index (χ2v) is 14.5. The van der Waals surface area contributed by atoms with Crippen LogP contribution in [0.4, 0.5) is 0 Å². The molecule has 0 aliphatic carbocycles. The zero-order valence-electron chi connectivity index (χ0n) is 34.1. The number of nitrogens with one attached hydrogen (secondary N) is 9. The predicted molar refractivity (Wildman–Crippen MR) is 228 cm³/mol. The van der Waals surface area contributed by atoms with Crippen molar-refractivity contribution in [2.75, 3.05) is 38.5 Å². The number of rotatable bonds is 27. The third-order valence-corrected chi connectivity index (χ3v) is 10.1. The fourth-order valence-corrected chi connectivity index (χ4v) is 6.94. The molecule has 0 spiro atoms. The fourth-order valence-electron chi connectivity index (χ4n) is 5.16. The summed E-state index contributed by atoms with van der Waals surface area (Å²) in [4.78, 5) is 87.2. The molecule has 0 fully saturated rings. The average molecular weight is 858 g/mol. The third-order valence-electron chi connectivity index (χ3n) is 7.99. The zero-order chi connectivity index (χ0) is 43.1. The summed E-state index contributed by atoms with van der Waals surface area (Å²) in [5, 5.41) is 27.8. The number of nitrogens with zero attached hydrogens (tertiary/aromatic N) is 4. The minimum atomic E-state index is -1.42. The van der Waals surface area contributed by atoms with Crippen LogP contribution in [-0.4, -0.2) is 108 Å². The van der Waals surface area contributed by atoms with E-state index in [0.29, 0.717) is 18.8 Å². The summed E-state index contributed by atoms with van der Waals surface area (Å²) in [6.07, 6.45) is 15.4. The van der Waals surface area contributed by atoms with Crippen LogP contribution < -0.4 is 31.9 Å². The highest BCUT2D eigenvalue weighted by molar-refractivity contribution is 8.76. The number of amides is 4. The quantitative estimate of drug-likeness (QED) is 0.0305. The van der Waals surface area contributed by atoms with Crippen LogP contribution in [0.5, 0.6) is 0 Å². The molecule has 0 saturated carbocycles. The maximum Gasteiger partial charge on any atom is 0.332 e. The first-order valence-corrected chi connectivity index (χ1v) is 22.1.